The summed E-state index contributed by atoms with van der Waals surface area (Å²) in [7, 11) is 0. The third-order valence-electron chi connectivity index (χ3n) is 2.60. The minimum absolute atomic E-state index is 0.0871. The molecule has 0 fully saturated rings. The quantitative estimate of drug-likeness (QED) is 0.471. The Hall–Kier alpha value is -1.36. The van der Waals surface area contributed by atoms with Crippen molar-refractivity contribution in [2.45, 2.75) is 32.2 Å². The van der Waals surface area contributed by atoms with Gasteiger partial charge in [0.2, 0.25) is 0 Å². The van der Waals surface area contributed by atoms with Gasteiger partial charge in [0.25, 0.3) is 0 Å². The summed E-state index contributed by atoms with van der Waals surface area (Å²) in [6, 6.07) is -0.0871. The molecular weight excluding hydrogens is 206 g/mol. The molecule has 0 bridgehead atoms. The fraction of sp³-hybridized carbons (Fsp3) is 0.636. The van der Waals surface area contributed by atoms with E-state index in [1.54, 1.807) is 6.92 Å². The molecule has 0 heterocycles. The molecule has 1 rings (SSSR count). The highest BCUT2D eigenvalue weighted by Gasteiger charge is 2.18. The average molecular weight is 225 g/mol. The van der Waals surface area contributed by atoms with E-state index in [1.807, 2.05) is 0 Å². The van der Waals surface area contributed by atoms with Crippen molar-refractivity contribution >= 4 is 12.2 Å². The molecule has 1 aliphatic carbocycles. The summed E-state index contributed by atoms with van der Waals surface area (Å²) < 4.78 is 4.82. The molecule has 0 unspecified atom stereocenters. The van der Waals surface area contributed by atoms with E-state index in [4.69, 9.17) is 15.9 Å². The van der Waals surface area contributed by atoms with Crippen LogP contribution in [0, 0.1) is 5.41 Å². The second-order valence-electron chi connectivity index (χ2n) is 3.74. The Labute approximate surface area is 95.5 Å². The molecule has 1 atom stereocenters. The molecule has 4 N–H and O–H groups in total. The van der Waals surface area contributed by atoms with Crippen molar-refractivity contribution in [2.24, 2.45) is 5.73 Å². The van der Waals surface area contributed by atoms with Crippen LogP contribution in [-0.4, -0.2) is 31.4 Å². The number of allylic oxidation sites excluding steroid dienone is 1. The summed E-state index contributed by atoms with van der Waals surface area (Å²) in [6.07, 6.45) is 4.01. The Balaban J connectivity index is 2.56. The predicted molar refractivity (Wildman–Crippen MR) is 62.3 cm³/mol. The SMILES string of the molecule is CCOC(=O)CNC1=C(C=N)[C@@H](N)CCC1. The number of nitrogens with one attached hydrogen (secondary N) is 2. The monoisotopic (exact) mass is 225 g/mol. The molecule has 0 amide bonds. The van der Waals surface area contributed by atoms with Gasteiger partial charge in [-0.3, -0.25) is 4.79 Å². The van der Waals surface area contributed by atoms with Crippen molar-refractivity contribution in [2.75, 3.05) is 13.2 Å². The van der Waals surface area contributed by atoms with E-state index in [1.165, 1.54) is 6.21 Å². The van der Waals surface area contributed by atoms with Gasteiger partial charge in [0.1, 0.15) is 6.54 Å². The van der Waals surface area contributed by atoms with Crippen molar-refractivity contribution in [1.82, 2.24) is 5.32 Å². The highest BCUT2D eigenvalue weighted by atomic mass is 16.5. The Morgan fingerprint density at radius 3 is 3.12 bits per heavy atom. The van der Waals surface area contributed by atoms with Gasteiger partial charge in [0.05, 0.1) is 6.61 Å². The first-order valence-electron chi connectivity index (χ1n) is 5.57. The van der Waals surface area contributed by atoms with Crippen LogP contribution in [-0.2, 0) is 9.53 Å². The summed E-state index contributed by atoms with van der Waals surface area (Å²) in [5.74, 6) is -0.279. The predicted octanol–water partition coefficient (Wildman–Crippen LogP) is 0.554. The van der Waals surface area contributed by atoms with Crippen molar-refractivity contribution in [3.63, 3.8) is 0 Å². The zero-order valence-corrected chi connectivity index (χ0v) is 9.58. The lowest BCUT2D eigenvalue weighted by Crippen LogP contribution is -2.34. The summed E-state index contributed by atoms with van der Waals surface area (Å²) in [6.45, 7) is 2.31. The van der Waals surface area contributed by atoms with Crippen molar-refractivity contribution in [1.29, 1.82) is 5.41 Å². The van der Waals surface area contributed by atoms with Crippen molar-refractivity contribution in [3.05, 3.63) is 11.3 Å². The average Bonchev–Trinajstić information content (AvgIpc) is 2.27. The van der Waals surface area contributed by atoms with Crippen LogP contribution in [0.2, 0.25) is 0 Å². The van der Waals surface area contributed by atoms with Gasteiger partial charge in [-0.25, -0.2) is 0 Å². The molecular formula is C11H19N3O2. The fourth-order valence-electron chi connectivity index (χ4n) is 1.80. The molecule has 0 saturated carbocycles. The van der Waals surface area contributed by atoms with Crippen LogP contribution in [0.3, 0.4) is 0 Å². The molecule has 0 radical (unpaired) electrons. The lowest BCUT2D eigenvalue weighted by molar-refractivity contribution is -0.141. The third-order valence-corrected chi connectivity index (χ3v) is 2.60. The maximum absolute atomic E-state index is 11.2. The Morgan fingerprint density at radius 2 is 2.50 bits per heavy atom. The van der Waals surface area contributed by atoms with E-state index in [-0.39, 0.29) is 18.6 Å². The van der Waals surface area contributed by atoms with E-state index in [0.29, 0.717) is 6.61 Å². The third kappa shape index (κ3) is 3.34. The molecule has 0 spiro atoms. The van der Waals surface area contributed by atoms with Crippen LogP contribution >= 0.6 is 0 Å². The minimum Gasteiger partial charge on any atom is -0.465 e. The van der Waals surface area contributed by atoms with E-state index in [2.05, 4.69) is 5.32 Å². The van der Waals surface area contributed by atoms with Crippen LogP contribution in [0.25, 0.3) is 0 Å². The number of hydrogen-bond donors (Lipinski definition) is 3. The zero-order chi connectivity index (χ0) is 12.0. The molecule has 0 aromatic carbocycles. The number of nitrogens with two attached hydrogens (primary N) is 1. The molecule has 0 aliphatic heterocycles. The normalized spacial score (nSPS) is 20.5. The minimum atomic E-state index is -0.279. The van der Waals surface area contributed by atoms with Crippen LogP contribution in [0.4, 0.5) is 0 Å². The highest BCUT2D eigenvalue weighted by molar-refractivity contribution is 5.79. The highest BCUT2D eigenvalue weighted by Crippen LogP contribution is 2.20. The summed E-state index contributed by atoms with van der Waals surface area (Å²) in [5, 5.41) is 10.3. The lowest BCUT2D eigenvalue weighted by Gasteiger charge is -2.24. The Kier molecular flexibility index (Phi) is 4.98. The largest absolute Gasteiger partial charge is 0.465 e. The van der Waals surface area contributed by atoms with Gasteiger partial charge in [-0.2, -0.15) is 0 Å². The summed E-state index contributed by atoms with van der Waals surface area (Å²) in [5.41, 5.74) is 7.59. The van der Waals surface area contributed by atoms with E-state index >= 15 is 0 Å². The zero-order valence-electron chi connectivity index (χ0n) is 9.58. The number of ether oxygens (including phenoxy) is 1. The van der Waals surface area contributed by atoms with Crippen LogP contribution in [0.1, 0.15) is 26.2 Å². The smallest absolute Gasteiger partial charge is 0.325 e. The summed E-state index contributed by atoms with van der Waals surface area (Å²) >= 11 is 0. The standard InChI is InChI=1S/C11H19N3O2/c1-2-16-11(15)7-14-10-5-3-4-9(13)8(10)6-12/h6,9,12,14H,2-5,7,13H2,1H3/t9-/m0/s1. The first-order valence-corrected chi connectivity index (χ1v) is 5.57. The topological polar surface area (TPSA) is 88.2 Å². The van der Waals surface area contributed by atoms with Crippen LogP contribution in [0.5, 0.6) is 0 Å². The first kappa shape index (κ1) is 12.7. The van der Waals surface area contributed by atoms with Gasteiger partial charge in [-0.15, -0.1) is 0 Å². The van der Waals surface area contributed by atoms with Crippen molar-refractivity contribution < 1.29 is 9.53 Å². The number of carbonyl (C=O) groups is 1. The maximum Gasteiger partial charge on any atom is 0.325 e. The number of esters is 1. The Morgan fingerprint density at radius 1 is 1.75 bits per heavy atom. The number of rotatable bonds is 5. The van der Waals surface area contributed by atoms with Gasteiger partial charge in [-0.1, -0.05) is 0 Å². The lowest BCUT2D eigenvalue weighted by atomic mass is 9.92. The second kappa shape index (κ2) is 6.27. The Bertz CT molecular complexity index is 300. The van der Waals surface area contributed by atoms with Gasteiger partial charge >= 0.3 is 5.97 Å². The number of carbonyl (C=O) groups excluding carboxylic acids is 1. The van der Waals surface area contributed by atoms with E-state index < -0.39 is 0 Å². The molecule has 0 aromatic rings. The molecule has 5 heteroatoms. The van der Waals surface area contributed by atoms with E-state index in [0.717, 1.165) is 30.5 Å². The maximum atomic E-state index is 11.2. The van der Waals surface area contributed by atoms with Gasteiger partial charge < -0.3 is 21.2 Å². The van der Waals surface area contributed by atoms with Crippen LogP contribution in [0.15, 0.2) is 11.3 Å². The summed E-state index contributed by atoms with van der Waals surface area (Å²) in [4.78, 5) is 11.2. The van der Waals surface area contributed by atoms with Gasteiger partial charge in [-0.05, 0) is 26.2 Å². The van der Waals surface area contributed by atoms with Gasteiger partial charge in [0, 0.05) is 23.5 Å². The van der Waals surface area contributed by atoms with Gasteiger partial charge in [0.15, 0.2) is 0 Å². The second-order valence-corrected chi connectivity index (χ2v) is 3.74. The van der Waals surface area contributed by atoms with E-state index in [9.17, 15) is 4.79 Å². The van der Waals surface area contributed by atoms with Crippen molar-refractivity contribution in [3.8, 4) is 0 Å². The molecule has 5 nitrogen and oxygen atoms in total. The fourth-order valence-corrected chi connectivity index (χ4v) is 1.80. The molecule has 1 aliphatic rings. The molecule has 0 aromatic heterocycles. The van der Waals surface area contributed by atoms with Crippen LogP contribution < -0.4 is 11.1 Å². The molecule has 90 valence electrons. The molecule has 16 heavy (non-hydrogen) atoms. The number of hydrogen-bond acceptors (Lipinski definition) is 5. The first-order chi connectivity index (χ1) is 7.69. The molecule has 0 saturated heterocycles.